The standard InChI is InChI=1S/C23H33BrFNO6/c1-21(2,3)30-18(27)17(12-14-10-11-15(24)13-16(14)25)26(19(28)31-22(4,5)6)20(29)32-23(7,8)9/h10-11,13,17H,12H2,1-9H3. The van der Waals surface area contributed by atoms with E-state index >= 15 is 0 Å². The molecular weight excluding hydrogens is 485 g/mol. The van der Waals surface area contributed by atoms with Crippen LogP contribution in [0.5, 0.6) is 0 Å². The summed E-state index contributed by atoms with van der Waals surface area (Å²) >= 11 is 3.18. The monoisotopic (exact) mass is 517 g/mol. The lowest BCUT2D eigenvalue weighted by Gasteiger charge is -2.33. The molecule has 0 aliphatic heterocycles. The number of esters is 1. The summed E-state index contributed by atoms with van der Waals surface area (Å²) in [5, 5.41) is 0. The predicted octanol–water partition coefficient (Wildman–Crippen LogP) is 6.01. The smallest absolute Gasteiger partial charge is 0.420 e. The molecule has 1 unspecified atom stereocenters. The van der Waals surface area contributed by atoms with Crippen LogP contribution in [0.2, 0.25) is 0 Å². The van der Waals surface area contributed by atoms with Gasteiger partial charge in [0.15, 0.2) is 0 Å². The molecule has 180 valence electrons. The van der Waals surface area contributed by atoms with Crippen molar-refractivity contribution in [2.24, 2.45) is 0 Å². The van der Waals surface area contributed by atoms with Crippen molar-refractivity contribution in [3.8, 4) is 0 Å². The highest BCUT2D eigenvalue weighted by Crippen LogP contribution is 2.24. The second-order valence-electron chi connectivity index (χ2n) is 10.3. The Hall–Kier alpha value is -2.16. The van der Waals surface area contributed by atoms with Gasteiger partial charge in [0.05, 0.1) is 0 Å². The van der Waals surface area contributed by atoms with Crippen LogP contribution >= 0.6 is 15.9 Å². The number of imide groups is 1. The normalized spacial score (nSPS) is 13.2. The Kier molecular flexibility index (Phi) is 8.87. The van der Waals surface area contributed by atoms with Gasteiger partial charge in [-0.1, -0.05) is 22.0 Å². The molecule has 1 aromatic rings. The molecule has 0 saturated heterocycles. The molecule has 1 aromatic carbocycles. The number of ether oxygens (including phenoxy) is 3. The van der Waals surface area contributed by atoms with Crippen molar-refractivity contribution < 1.29 is 33.0 Å². The molecule has 0 aromatic heterocycles. The predicted molar refractivity (Wildman–Crippen MR) is 122 cm³/mol. The molecule has 0 N–H and O–H groups in total. The van der Waals surface area contributed by atoms with Crippen molar-refractivity contribution in [1.29, 1.82) is 0 Å². The average molecular weight is 518 g/mol. The minimum absolute atomic E-state index is 0.112. The Morgan fingerprint density at radius 1 is 0.875 bits per heavy atom. The van der Waals surface area contributed by atoms with Gasteiger partial charge in [0.25, 0.3) is 0 Å². The Labute approximate surface area is 197 Å². The Balaban J connectivity index is 3.53. The Morgan fingerprint density at radius 2 is 1.31 bits per heavy atom. The van der Waals surface area contributed by atoms with Gasteiger partial charge in [0.1, 0.15) is 28.7 Å². The van der Waals surface area contributed by atoms with Crippen molar-refractivity contribution in [1.82, 2.24) is 4.90 Å². The van der Waals surface area contributed by atoms with Crippen molar-refractivity contribution in [2.45, 2.75) is 91.6 Å². The lowest BCUT2D eigenvalue weighted by Crippen LogP contribution is -2.54. The van der Waals surface area contributed by atoms with Gasteiger partial charge in [-0.25, -0.2) is 18.8 Å². The first kappa shape index (κ1) is 27.9. The first-order chi connectivity index (χ1) is 14.3. The third-order valence-corrected chi connectivity index (χ3v) is 4.09. The van der Waals surface area contributed by atoms with E-state index in [1.165, 1.54) is 12.1 Å². The first-order valence-electron chi connectivity index (χ1n) is 10.2. The lowest BCUT2D eigenvalue weighted by molar-refractivity contribution is -0.161. The van der Waals surface area contributed by atoms with Gasteiger partial charge in [-0.15, -0.1) is 0 Å². The molecule has 9 heteroatoms. The van der Waals surface area contributed by atoms with Gasteiger partial charge in [0, 0.05) is 10.9 Å². The topological polar surface area (TPSA) is 82.1 Å². The summed E-state index contributed by atoms with van der Waals surface area (Å²) < 4.78 is 31.3. The highest BCUT2D eigenvalue weighted by atomic mass is 79.9. The van der Waals surface area contributed by atoms with Gasteiger partial charge in [-0.05, 0) is 80.0 Å². The van der Waals surface area contributed by atoms with E-state index in [1.807, 2.05) is 0 Å². The highest BCUT2D eigenvalue weighted by Gasteiger charge is 2.42. The van der Waals surface area contributed by atoms with Gasteiger partial charge in [-0.2, -0.15) is 4.90 Å². The summed E-state index contributed by atoms with van der Waals surface area (Å²) in [4.78, 5) is 39.7. The molecule has 1 rings (SSSR count). The third kappa shape index (κ3) is 9.54. The Morgan fingerprint density at radius 3 is 1.69 bits per heavy atom. The molecule has 0 heterocycles. The van der Waals surface area contributed by atoms with Crippen LogP contribution < -0.4 is 0 Å². The molecule has 0 aliphatic carbocycles. The maximum Gasteiger partial charge on any atom is 0.420 e. The summed E-state index contributed by atoms with van der Waals surface area (Å²) in [5.41, 5.74) is -2.72. The minimum atomic E-state index is -1.52. The van der Waals surface area contributed by atoms with E-state index in [0.717, 1.165) is 0 Å². The number of amides is 2. The quantitative estimate of drug-likeness (QED) is 0.359. The van der Waals surface area contributed by atoms with Crippen LogP contribution in [0.15, 0.2) is 22.7 Å². The second kappa shape index (κ2) is 10.2. The molecule has 0 fully saturated rings. The fourth-order valence-electron chi connectivity index (χ4n) is 2.50. The van der Waals surface area contributed by atoms with Crippen molar-refractivity contribution >= 4 is 34.1 Å². The number of benzene rings is 1. The summed E-state index contributed by atoms with van der Waals surface area (Å²) in [5.74, 6) is -1.50. The summed E-state index contributed by atoms with van der Waals surface area (Å²) in [6.07, 6.45) is -2.52. The molecule has 0 spiro atoms. The zero-order valence-electron chi connectivity index (χ0n) is 20.2. The first-order valence-corrected chi connectivity index (χ1v) is 11.0. The fourth-order valence-corrected chi connectivity index (χ4v) is 2.83. The number of hydrogen-bond donors (Lipinski definition) is 0. The van der Waals surface area contributed by atoms with E-state index in [9.17, 15) is 18.8 Å². The molecule has 0 radical (unpaired) electrons. The van der Waals surface area contributed by atoms with E-state index in [1.54, 1.807) is 68.4 Å². The Bertz CT molecular complexity index is 824. The van der Waals surface area contributed by atoms with Gasteiger partial charge < -0.3 is 14.2 Å². The summed E-state index contributed by atoms with van der Waals surface area (Å²) in [6.45, 7) is 14.7. The number of nitrogens with zero attached hydrogens (tertiary/aromatic N) is 1. The SMILES string of the molecule is CC(C)(C)OC(=O)C(Cc1ccc(Br)cc1F)N(C(=O)OC(C)(C)C)C(=O)OC(C)(C)C. The molecule has 1 atom stereocenters. The van der Waals surface area contributed by atoms with Crippen LogP contribution in [-0.2, 0) is 25.4 Å². The van der Waals surface area contributed by atoms with Crippen LogP contribution in [0, 0.1) is 5.82 Å². The molecular formula is C23H33BrFNO6. The summed E-state index contributed by atoms with van der Waals surface area (Å²) in [7, 11) is 0. The zero-order chi connectivity index (χ0) is 25.1. The number of carbonyl (C=O) groups is 3. The molecule has 0 aliphatic rings. The van der Waals surface area contributed by atoms with E-state index in [4.69, 9.17) is 14.2 Å². The lowest BCUT2D eigenvalue weighted by atomic mass is 10.0. The van der Waals surface area contributed by atoms with E-state index in [2.05, 4.69) is 15.9 Å². The highest BCUT2D eigenvalue weighted by molar-refractivity contribution is 9.10. The molecule has 7 nitrogen and oxygen atoms in total. The third-order valence-electron chi connectivity index (χ3n) is 3.60. The molecule has 2 amide bonds. The summed E-state index contributed by atoms with van der Waals surface area (Å²) in [6, 6.07) is 2.76. The number of rotatable bonds is 4. The number of halogens is 2. The second-order valence-corrected chi connectivity index (χ2v) is 11.2. The fraction of sp³-hybridized carbons (Fsp3) is 0.609. The number of carbonyl (C=O) groups excluding carboxylic acids is 3. The van der Waals surface area contributed by atoms with Crippen LogP contribution in [0.25, 0.3) is 0 Å². The van der Waals surface area contributed by atoms with Crippen LogP contribution in [0.3, 0.4) is 0 Å². The molecule has 0 saturated carbocycles. The van der Waals surface area contributed by atoms with Crippen LogP contribution in [-0.4, -0.2) is 45.9 Å². The van der Waals surface area contributed by atoms with Crippen molar-refractivity contribution in [3.05, 3.63) is 34.1 Å². The molecule has 32 heavy (non-hydrogen) atoms. The minimum Gasteiger partial charge on any atom is -0.458 e. The van der Waals surface area contributed by atoms with E-state index < -0.39 is 46.8 Å². The zero-order valence-corrected chi connectivity index (χ0v) is 21.8. The maximum absolute atomic E-state index is 14.6. The van der Waals surface area contributed by atoms with E-state index in [0.29, 0.717) is 9.37 Å². The maximum atomic E-state index is 14.6. The average Bonchev–Trinajstić information content (AvgIpc) is 2.51. The van der Waals surface area contributed by atoms with Gasteiger partial charge in [-0.3, -0.25) is 0 Å². The van der Waals surface area contributed by atoms with Crippen LogP contribution in [0.4, 0.5) is 14.0 Å². The van der Waals surface area contributed by atoms with Gasteiger partial charge in [0.2, 0.25) is 0 Å². The van der Waals surface area contributed by atoms with Crippen molar-refractivity contribution in [3.63, 3.8) is 0 Å². The van der Waals surface area contributed by atoms with Crippen LogP contribution in [0.1, 0.15) is 67.9 Å². The van der Waals surface area contributed by atoms with E-state index in [-0.39, 0.29) is 12.0 Å². The molecule has 0 bridgehead atoms. The number of hydrogen-bond acceptors (Lipinski definition) is 6. The largest absolute Gasteiger partial charge is 0.458 e. The van der Waals surface area contributed by atoms with Crippen molar-refractivity contribution in [2.75, 3.05) is 0 Å². The van der Waals surface area contributed by atoms with Gasteiger partial charge >= 0.3 is 18.2 Å².